The fourth-order valence-corrected chi connectivity index (χ4v) is 3.51. The molecule has 0 aliphatic carbocycles. The third kappa shape index (κ3) is 4.51. The molecule has 5 heteroatoms. The van der Waals surface area contributed by atoms with E-state index in [0.29, 0.717) is 5.92 Å². The molecular weight excluding hydrogens is 256 g/mol. The van der Waals surface area contributed by atoms with Gasteiger partial charge in [-0.3, -0.25) is 4.90 Å². The third-order valence-electron chi connectivity index (χ3n) is 3.61. The number of imidazole rings is 1. The molecule has 1 aromatic rings. The second kappa shape index (κ2) is 7.31. The SMILES string of the molecule is CC(C)CC(N)c1cncn1CCN1CCSCC1. The standard InChI is InChI=1S/C14H26N4S/c1-12(2)9-13(15)14-10-16-11-18(14)4-3-17-5-7-19-8-6-17/h10-13H,3-9,15H2,1-2H3. The molecule has 1 fully saturated rings. The number of aromatic nitrogens is 2. The topological polar surface area (TPSA) is 47.1 Å². The molecule has 0 bridgehead atoms. The van der Waals surface area contributed by atoms with Gasteiger partial charge in [-0.2, -0.15) is 11.8 Å². The summed E-state index contributed by atoms with van der Waals surface area (Å²) >= 11 is 2.06. The maximum atomic E-state index is 6.27. The summed E-state index contributed by atoms with van der Waals surface area (Å²) in [5, 5.41) is 0. The largest absolute Gasteiger partial charge is 0.332 e. The van der Waals surface area contributed by atoms with Gasteiger partial charge in [0.1, 0.15) is 0 Å². The van der Waals surface area contributed by atoms with Crippen molar-refractivity contribution < 1.29 is 0 Å². The van der Waals surface area contributed by atoms with Gasteiger partial charge in [0.15, 0.2) is 0 Å². The molecule has 4 nitrogen and oxygen atoms in total. The fraction of sp³-hybridized carbons (Fsp3) is 0.786. The Bertz CT molecular complexity index is 371. The Hall–Kier alpha value is -0.520. The van der Waals surface area contributed by atoms with E-state index in [0.717, 1.165) is 19.5 Å². The Balaban J connectivity index is 1.87. The summed E-state index contributed by atoms with van der Waals surface area (Å²) in [6, 6.07) is 0.111. The molecule has 0 radical (unpaired) electrons. The molecule has 0 spiro atoms. The van der Waals surface area contributed by atoms with E-state index in [2.05, 4.69) is 40.1 Å². The van der Waals surface area contributed by atoms with Crippen molar-refractivity contribution in [1.82, 2.24) is 14.5 Å². The van der Waals surface area contributed by atoms with E-state index < -0.39 is 0 Å². The molecule has 1 saturated heterocycles. The van der Waals surface area contributed by atoms with Crippen LogP contribution < -0.4 is 5.73 Å². The van der Waals surface area contributed by atoms with Gasteiger partial charge in [-0.05, 0) is 12.3 Å². The van der Waals surface area contributed by atoms with Crippen LogP contribution in [0.5, 0.6) is 0 Å². The average Bonchev–Trinajstić information content (AvgIpc) is 2.85. The van der Waals surface area contributed by atoms with Crippen molar-refractivity contribution >= 4 is 11.8 Å². The monoisotopic (exact) mass is 282 g/mol. The van der Waals surface area contributed by atoms with E-state index in [1.54, 1.807) is 0 Å². The normalized spacial score (nSPS) is 18.9. The second-order valence-electron chi connectivity index (χ2n) is 5.70. The molecule has 2 heterocycles. The highest BCUT2D eigenvalue weighted by Crippen LogP contribution is 2.18. The molecule has 1 aromatic heterocycles. The predicted molar refractivity (Wildman–Crippen MR) is 82.4 cm³/mol. The van der Waals surface area contributed by atoms with Crippen LogP contribution in [0.3, 0.4) is 0 Å². The van der Waals surface area contributed by atoms with Gasteiger partial charge in [-0.15, -0.1) is 0 Å². The lowest BCUT2D eigenvalue weighted by molar-refractivity contribution is 0.286. The zero-order valence-electron chi connectivity index (χ0n) is 12.1. The van der Waals surface area contributed by atoms with Gasteiger partial charge in [0, 0.05) is 49.9 Å². The van der Waals surface area contributed by atoms with Gasteiger partial charge in [0.05, 0.1) is 12.0 Å². The Labute approximate surface area is 120 Å². The van der Waals surface area contributed by atoms with Crippen LogP contribution in [-0.2, 0) is 6.54 Å². The van der Waals surface area contributed by atoms with E-state index in [9.17, 15) is 0 Å². The van der Waals surface area contributed by atoms with E-state index in [1.165, 1.54) is 30.3 Å². The van der Waals surface area contributed by atoms with Crippen LogP contribution in [0, 0.1) is 5.92 Å². The first-order chi connectivity index (χ1) is 9.16. The van der Waals surface area contributed by atoms with Crippen LogP contribution in [0.1, 0.15) is 32.0 Å². The quantitative estimate of drug-likeness (QED) is 0.866. The lowest BCUT2D eigenvalue weighted by atomic mass is 10.0. The van der Waals surface area contributed by atoms with Crippen molar-refractivity contribution in [2.24, 2.45) is 11.7 Å². The average molecular weight is 282 g/mol. The van der Waals surface area contributed by atoms with Gasteiger partial charge < -0.3 is 10.3 Å². The van der Waals surface area contributed by atoms with Crippen molar-refractivity contribution in [3.63, 3.8) is 0 Å². The maximum absolute atomic E-state index is 6.27. The van der Waals surface area contributed by atoms with E-state index >= 15 is 0 Å². The highest BCUT2D eigenvalue weighted by molar-refractivity contribution is 7.99. The number of nitrogens with two attached hydrogens (primary N) is 1. The molecule has 1 atom stereocenters. The summed E-state index contributed by atoms with van der Waals surface area (Å²) in [7, 11) is 0. The molecule has 2 rings (SSSR count). The predicted octanol–water partition coefficient (Wildman–Crippen LogP) is 1.98. The van der Waals surface area contributed by atoms with Crippen molar-refractivity contribution in [3.05, 3.63) is 18.2 Å². The maximum Gasteiger partial charge on any atom is 0.0949 e. The van der Waals surface area contributed by atoms with Crippen LogP contribution in [0.25, 0.3) is 0 Å². The van der Waals surface area contributed by atoms with Crippen molar-refractivity contribution in [2.45, 2.75) is 32.9 Å². The molecule has 1 unspecified atom stereocenters. The second-order valence-corrected chi connectivity index (χ2v) is 6.93. The van der Waals surface area contributed by atoms with Crippen LogP contribution in [-0.4, -0.2) is 45.6 Å². The molecule has 108 valence electrons. The first kappa shape index (κ1) is 14.9. The first-order valence-corrected chi connectivity index (χ1v) is 8.38. The minimum absolute atomic E-state index is 0.111. The summed E-state index contributed by atoms with van der Waals surface area (Å²) in [6.45, 7) is 8.97. The van der Waals surface area contributed by atoms with Crippen LogP contribution in [0.2, 0.25) is 0 Å². The highest BCUT2D eigenvalue weighted by atomic mass is 32.2. The Morgan fingerprint density at radius 3 is 2.74 bits per heavy atom. The summed E-state index contributed by atoms with van der Waals surface area (Å²) in [5.41, 5.74) is 7.45. The van der Waals surface area contributed by atoms with Crippen molar-refractivity contribution in [3.8, 4) is 0 Å². The fourth-order valence-electron chi connectivity index (χ4n) is 2.53. The molecule has 0 saturated carbocycles. The van der Waals surface area contributed by atoms with E-state index in [4.69, 9.17) is 5.73 Å². The van der Waals surface area contributed by atoms with E-state index in [1.807, 2.05) is 12.5 Å². The zero-order chi connectivity index (χ0) is 13.7. The highest BCUT2D eigenvalue weighted by Gasteiger charge is 2.15. The Kier molecular flexibility index (Phi) is 5.73. The lowest BCUT2D eigenvalue weighted by Gasteiger charge is -2.26. The van der Waals surface area contributed by atoms with Crippen LogP contribution in [0.15, 0.2) is 12.5 Å². The number of nitrogens with zero attached hydrogens (tertiary/aromatic N) is 3. The lowest BCUT2D eigenvalue weighted by Crippen LogP contribution is -2.35. The van der Waals surface area contributed by atoms with Crippen LogP contribution >= 0.6 is 11.8 Å². The van der Waals surface area contributed by atoms with E-state index in [-0.39, 0.29) is 6.04 Å². The zero-order valence-corrected chi connectivity index (χ0v) is 12.9. The minimum atomic E-state index is 0.111. The van der Waals surface area contributed by atoms with Crippen molar-refractivity contribution in [1.29, 1.82) is 0 Å². The smallest absolute Gasteiger partial charge is 0.0949 e. The van der Waals surface area contributed by atoms with Crippen LogP contribution in [0.4, 0.5) is 0 Å². The molecule has 1 aliphatic rings. The van der Waals surface area contributed by atoms with Gasteiger partial charge in [0.25, 0.3) is 0 Å². The molecular formula is C14H26N4S. The Morgan fingerprint density at radius 1 is 1.32 bits per heavy atom. The van der Waals surface area contributed by atoms with Gasteiger partial charge in [-0.25, -0.2) is 4.98 Å². The minimum Gasteiger partial charge on any atom is -0.332 e. The van der Waals surface area contributed by atoms with Gasteiger partial charge in [0.2, 0.25) is 0 Å². The Morgan fingerprint density at radius 2 is 2.05 bits per heavy atom. The molecule has 19 heavy (non-hydrogen) atoms. The summed E-state index contributed by atoms with van der Waals surface area (Å²) in [6.07, 6.45) is 4.87. The number of rotatable bonds is 6. The number of hydrogen-bond donors (Lipinski definition) is 1. The molecule has 1 aliphatic heterocycles. The van der Waals surface area contributed by atoms with Gasteiger partial charge in [-0.1, -0.05) is 13.8 Å². The van der Waals surface area contributed by atoms with Gasteiger partial charge >= 0.3 is 0 Å². The molecule has 2 N–H and O–H groups in total. The summed E-state index contributed by atoms with van der Waals surface area (Å²) < 4.78 is 2.23. The number of thioether (sulfide) groups is 1. The number of hydrogen-bond acceptors (Lipinski definition) is 4. The molecule has 0 aromatic carbocycles. The van der Waals surface area contributed by atoms with Crippen molar-refractivity contribution in [2.75, 3.05) is 31.1 Å². The summed E-state index contributed by atoms with van der Waals surface area (Å²) in [4.78, 5) is 6.81. The molecule has 0 amide bonds. The summed E-state index contributed by atoms with van der Waals surface area (Å²) in [5.74, 6) is 3.16. The third-order valence-corrected chi connectivity index (χ3v) is 4.55. The first-order valence-electron chi connectivity index (χ1n) is 7.22.